The number of nitrogens with zero attached hydrogens (tertiary/aromatic N) is 1. The summed E-state index contributed by atoms with van der Waals surface area (Å²) in [6.07, 6.45) is 3.99. The van der Waals surface area contributed by atoms with E-state index in [1.165, 1.54) is 31.4 Å². The second-order valence-electron chi connectivity index (χ2n) is 5.00. The monoisotopic (exact) mass is 249 g/mol. The predicted octanol–water partition coefficient (Wildman–Crippen LogP) is 3.08. The summed E-state index contributed by atoms with van der Waals surface area (Å²) < 4.78 is 10.6. The summed E-state index contributed by atoms with van der Waals surface area (Å²) in [6.45, 7) is 4.52. The molecule has 0 amide bonds. The summed E-state index contributed by atoms with van der Waals surface area (Å²) >= 11 is 0. The van der Waals surface area contributed by atoms with Gasteiger partial charge in [-0.25, -0.2) is 0 Å². The third kappa shape index (κ3) is 2.96. The van der Waals surface area contributed by atoms with E-state index in [4.69, 9.17) is 9.47 Å². The number of rotatable bonds is 4. The number of ether oxygens (including phenoxy) is 2. The molecule has 0 spiro atoms. The van der Waals surface area contributed by atoms with Gasteiger partial charge < -0.3 is 9.47 Å². The molecule has 3 nitrogen and oxygen atoms in total. The molecule has 0 N–H and O–H groups in total. The molecule has 1 aromatic carbocycles. The SMILES string of the molecule is COc1ccc(CN2CCCC[C@@H]2C)cc1OC. The topological polar surface area (TPSA) is 21.7 Å². The average molecular weight is 249 g/mol. The lowest BCUT2D eigenvalue weighted by atomic mass is 10.0. The van der Waals surface area contributed by atoms with Crippen LogP contribution < -0.4 is 9.47 Å². The van der Waals surface area contributed by atoms with Crippen LogP contribution >= 0.6 is 0 Å². The molecule has 100 valence electrons. The van der Waals surface area contributed by atoms with E-state index in [0.29, 0.717) is 6.04 Å². The minimum atomic E-state index is 0.687. The van der Waals surface area contributed by atoms with E-state index in [9.17, 15) is 0 Å². The maximum Gasteiger partial charge on any atom is 0.161 e. The number of methoxy groups -OCH3 is 2. The van der Waals surface area contributed by atoms with Crippen LogP contribution in [0.4, 0.5) is 0 Å². The maximum absolute atomic E-state index is 5.35. The van der Waals surface area contributed by atoms with Crippen molar-refractivity contribution in [2.24, 2.45) is 0 Å². The Labute approximate surface area is 110 Å². The molecule has 0 saturated carbocycles. The van der Waals surface area contributed by atoms with Crippen LogP contribution in [0.5, 0.6) is 11.5 Å². The molecule has 1 fully saturated rings. The number of hydrogen-bond donors (Lipinski definition) is 0. The fraction of sp³-hybridized carbons (Fsp3) is 0.600. The standard InChI is InChI=1S/C15H23NO2/c1-12-6-4-5-9-16(12)11-13-7-8-14(17-2)15(10-13)18-3/h7-8,10,12H,4-6,9,11H2,1-3H3/t12-/m0/s1. The molecule has 0 bridgehead atoms. The minimum absolute atomic E-state index is 0.687. The summed E-state index contributed by atoms with van der Waals surface area (Å²) in [5, 5.41) is 0. The van der Waals surface area contributed by atoms with Crippen molar-refractivity contribution in [3.63, 3.8) is 0 Å². The van der Waals surface area contributed by atoms with Gasteiger partial charge >= 0.3 is 0 Å². The second kappa shape index (κ2) is 6.10. The normalized spacial score (nSPS) is 20.7. The smallest absolute Gasteiger partial charge is 0.161 e. The van der Waals surface area contributed by atoms with Crippen molar-refractivity contribution in [1.82, 2.24) is 4.90 Å². The van der Waals surface area contributed by atoms with E-state index in [2.05, 4.69) is 24.0 Å². The molecule has 0 aliphatic carbocycles. The number of hydrogen-bond acceptors (Lipinski definition) is 3. The third-order valence-electron chi connectivity index (χ3n) is 3.77. The summed E-state index contributed by atoms with van der Waals surface area (Å²) in [6, 6.07) is 6.89. The zero-order chi connectivity index (χ0) is 13.0. The first-order valence-electron chi connectivity index (χ1n) is 6.69. The number of benzene rings is 1. The molecule has 1 heterocycles. The fourth-order valence-corrected chi connectivity index (χ4v) is 2.61. The van der Waals surface area contributed by atoms with Gasteiger partial charge in [0.25, 0.3) is 0 Å². The lowest BCUT2D eigenvalue weighted by molar-refractivity contribution is 0.152. The summed E-state index contributed by atoms with van der Waals surface area (Å²) in [5.74, 6) is 1.62. The van der Waals surface area contributed by atoms with Crippen molar-refractivity contribution < 1.29 is 9.47 Å². The van der Waals surface area contributed by atoms with Crippen LogP contribution in [0.3, 0.4) is 0 Å². The van der Waals surface area contributed by atoms with Crippen molar-refractivity contribution in [2.45, 2.75) is 38.8 Å². The second-order valence-corrected chi connectivity index (χ2v) is 5.00. The molecule has 0 aromatic heterocycles. The first-order valence-corrected chi connectivity index (χ1v) is 6.69. The van der Waals surface area contributed by atoms with Gasteiger partial charge in [-0.2, -0.15) is 0 Å². The van der Waals surface area contributed by atoms with Crippen LogP contribution in [0, 0.1) is 0 Å². The highest BCUT2D eigenvalue weighted by atomic mass is 16.5. The zero-order valence-corrected chi connectivity index (χ0v) is 11.6. The van der Waals surface area contributed by atoms with E-state index in [0.717, 1.165) is 18.0 Å². The van der Waals surface area contributed by atoms with E-state index >= 15 is 0 Å². The molecule has 1 atom stereocenters. The highest BCUT2D eigenvalue weighted by Gasteiger charge is 2.18. The fourth-order valence-electron chi connectivity index (χ4n) is 2.61. The van der Waals surface area contributed by atoms with Gasteiger partial charge in [0.05, 0.1) is 14.2 Å². The Kier molecular flexibility index (Phi) is 4.48. The lowest BCUT2D eigenvalue weighted by Crippen LogP contribution is -2.36. The van der Waals surface area contributed by atoms with E-state index in [1.54, 1.807) is 14.2 Å². The highest BCUT2D eigenvalue weighted by molar-refractivity contribution is 5.42. The minimum Gasteiger partial charge on any atom is -0.493 e. The molecule has 0 unspecified atom stereocenters. The van der Waals surface area contributed by atoms with Crippen LogP contribution in [0.2, 0.25) is 0 Å². The average Bonchev–Trinajstić information content (AvgIpc) is 2.41. The third-order valence-corrected chi connectivity index (χ3v) is 3.77. The van der Waals surface area contributed by atoms with Crippen LogP contribution in [-0.4, -0.2) is 31.7 Å². The van der Waals surface area contributed by atoms with Gasteiger partial charge in [0.15, 0.2) is 11.5 Å². The van der Waals surface area contributed by atoms with Gasteiger partial charge in [-0.05, 0) is 44.0 Å². The van der Waals surface area contributed by atoms with Crippen molar-refractivity contribution >= 4 is 0 Å². The van der Waals surface area contributed by atoms with Crippen LogP contribution in [0.15, 0.2) is 18.2 Å². The van der Waals surface area contributed by atoms with Crippen molar-refractivity contribution in [3.05, 3.63) is 23.8 Å². The first kappa shape index (κ1) is 13.2. The number of likely N-dealkylation sites (tertiary alicyclic amines) is 1. The Morgan fingerprint density at radius 1 is 1.17 bits per heavy atom. The molecule has 1 aliphatic heterocycles. The Bertz CT molecular complexity index is 392. The van der Waals surface area contributed by atoms with Gasteiger partial charge in [-0.3, -0.25) is 4.90 Å². The van der Waals surface area contributed by atoms with Gasteiger partial charge in [0.1, 0.15) is 0 Å². The van der Waals surface area contributed by atoms with E-state index < -0.39 is 0 Å². The molecular formula is C15H23NO2. The Morgan fingerprint density at radius 2 is 1.94 bits per heavy atom. The quantitative estimate of drug-likeness (QED) is 0.818. The van der Waals surface area contributed by atoms with E-state index in [1.807, 2.05) is 6.07 Å². The highest BCUT2D eigenvalue weighted by Crippen LogP contribution is 2.29. The predicted molar refractivity (Wildman–Crippen MR) is 73.3 cm³/mol. The molecule has 18 heavy (non-hydrogen) atoms. The van der Waals surface area contributed by atoms with Gasteiger partial charge in [0.2, 0.25) is 0 Å². The molecule has 2 rings (SSSR count). The maximum atomic E-state index is 5.35. The van der Waals surface area contributed by atoms with Crippen molar-refractivity contribution in [2.75, 3.05) is 20.8 Å². The van der Waals surface area contributed by atoms with Gasteiger partial charge in [0, 0.05) is 12.6 Å². The van der Waals surface area contributed by atoms with Gasteiger partial charge in [-0.1, -0.05) is 12.5 Å². The molecule has 0 radical (unpaired) electrons. The summed E-state index contributed by atoms with van der Waals surface area (Å²) in [4.78, 5) is 2.55. The van der Waals surface area contributed by atoms with Crippen LogP contribution in [0.25, 0.3) is 0 Å². The Morgan fingerprint density at radius 3 is 2.61 bits per heavy atom. The lowest BCUT2D eigenvalue weighted by Gasteiger charge is -2.33. The Hall–Kier alpha value is -1.22. The molecule has 1 aromatic rings. The van der Waals surface area contributed by atoms with E-state index in [-0.39, 0.29) is 0 Å². The van der Waals surface area contributed by atoms with Gasteiger partial charge in [-0.15, -0.1) is 0 Å². The Balaban J connectivity index is 2.08. The van der Waals surface area contributed by atoms with Crippen LogP contribution in [0.1, 0.15) is 31.7 Å². The van der Waals surface area contributed by atoms with Crippen LogP contribution in [-0.2, 0) is 6.54 Å². The van der Waals surface area contributed by atoms with Crippen molar-refractivity contribution in [1.29, 1.82) is 0 Å². The molecule has 1 saturated heterocycles. The molecule has 3 heteroatoms. The zero-order valence-electron chi connectivity index (χ0n) is 11.6. The number of piperidine rings is 1. The largest absolute Gasteiger partial charge is 0.493 e. The molecular weight excluding hydrogens is 226 g/mol. The molecule has 1 aliphatic rings. The summed E-state index contributed by atoms with van der Waals surface area (Å²) in [7, 11) is 3.36. The van der Waals surface area contributed by atoms with Crippen molar-refractivity contribution in [3.8, 4) is 11.5 Å². The first-order chi connectivity index (χ1) is 8.74. The summed E-state index contributed by atoms with van der Waals surface area (Å²) in [5.41, 5.74) is 1.29.